The van der Waals surface area contributed by atoms with E-state index in [1.165, 1.54) is 6.33 Å². The molecule has 4 nitrogen and oxygen atoms in total. The third-order valence-electron chi connectivity index (χ3n) is 1.89. The van der Waals surface area contributed by atoms with Gasteiger partial charge in [0.1, 0.15) is 11.3 Å². The van der Waals surface area contributed by atoms with Crippen molar-refractivity contribution in [1.82, 2.24) is 9.97 Å². The standard InChI is InChI=1S/C9H14ClN3O/c1-7(14)3-4-13(2)9-8(10)5-11-6-12-9/h5-7,14H,3-4H2,1-2H3. The van der Waals surface area contributed by atoms with Gasteiger partial charge < -0.3 is 10.0 Å². The highest BCUT2D eigenvalue weighted by Crippen LogP contribution is 2.19. The zero-order valence-electron chi connectivity index (χ0n) is 8.31. The molecule has 1 heterocycles. The SMILES string of the molecule is CC(O)CCN(C)c1ncncc1Cl. The van der Waals surface area contributed by atoms with E-state index in [0.717, 1.165) is 0 Å². The van der Waals surface area contributed by atoms with Crippen molar-refractivity contribution in [2.75, 3.05) is 18.5 Å². The quantitative estimate of drug-likeness (QED) is 0.824. The monoisotopic (exact) mass is 215 g/mol. The Labute approximate surface area is 88.6 Å². The van der Waals surface area contributed by atoms with Gasteiger partial charge in [0.25, 0.3) is 0 Å². The van der Waals surface area contributed by atoms with Gasteiger partial charge in [-0.15, -0.1) is 0 Å². The molecule has 1 N–H and O–H groups in total. The lowest BCUT2D eigenvalue weighted by atomic mass is 10.3. The normalized spacial score (nSPS) is 12.6. The molecule has 0 fully saturated rings. The van der Waals surface area contributed by atoms with E-state index < -0.39 is 0 Å². The maximum Gasteiger partial charge on any atom is 0.150 e. The molecule has 1 aromatic heterocycles. The van der Waals surface area contributed by atoms with Crippen molar-refractivity contribution in [3.8, 4) is 0 Å². The number of aliphatic hydroxyl groups is 1. The Kier molecular flexibility index (Phi) is 4.10. The summed E-state index contributed by atoms with van der Waals surface area (Å²) in [7, 11) is 1.89. The van der Waals surface area contributed by atoms with E-state index >= 15 is 0 Å². The van der Waals surface area contributed by atoms with E-state index in [9.17, 15) is 0 Å². The van der Waals surface area contributed by atoms with Crippen molar-refractivity contribution < 1.29 is 5.11 Å². The summed E-state index contributed by atoms with van der Waals surface area (Å²) in [6.45, 7) is 2.48. The summed E-state index contributed by atoms with van der Waals surface area (Å²) < 4.78 is 0. The number of aromatic nitrogens is 2. The smallest absolute Gasteiger partial charge is 0.150 e. The number of halogens is 1. The van der Waals surface area contributed by atoms with Crippen LogP contribution in [0.4, 0.5) is 5.82 Å². The second-order valence-corrected chi connectivity index (χ2v) is 3.66. The highest BCUT2D eigenvalue weighted by atomic mass is 35.5. The van der Waals surface area contributed by atoms with Crippen LogP contribution in [-0.4, -0.2) is 34.8 Å². The summed E-state index contributed by atoms with van der Waals surface area (Å²) in [5.74, 6) is 0.697. The van der Waals surface area contributed by atoms with Crippen LogP contribution < -0.4 is 4.90 Å². The second kappa shape index (κ2) is 5.12. The van der Waals surface area contributed by atoms with Crippen molar-refractivity contribution >= 4 is 17.4 Å². The maximum atomic E-state index is 9.13. The number of rotatable bonds is 4. The van der Waals surface area contributed by atoms with Crippen molar-refractivity contribution in [2.45, 2.75) is 19.4 Å². The Morgan fingerprint density at radius 2 is 2.36 bits per heavy atom. The lowest BCUT2D eigenvalue weighted by Gasteiger charge is -2.19. The largest absolute Gasteiger partial charge is 0.393 e. The molecule has 0 aliphatic rings. The fourth-order valence-corrected chi connectivity index (χ4v) is 1.32. The van der Waals surface area contributed by atoms with E-state index in [2.05, 4.69) is 9.97 Å². The first kappa shape index (κ1) is 11.2. The van der Waals surface area contributed by atoms with Crippen LogP contribution in [0, 0.1) is 0 Å². The highest BCUT2D eigenvalue weighted by molar-refractivity contribution is 6.32. The van der Waals surface area contributed by atoms with Gasteiger partial charge in [0, 0.05) is 13.6 Å². The number of nitrogens with zero attached hydrogens (tertiary/aromatic N) is 3. The predicted molar refractivity (Wildman–Crippen MR) is 56.6 cm³/mol. The summed E-state index contributed by atoms with van der Waals surface area (Å²) in [4.78, 5) is 9.76. The van der Waals surface area contributed by atoms with Crippen LogP contribution >= 0.6 is 11.6 Å². The lowest BCUT2D eigenvalue weighted by Crippen LogP contribution is -2.23. The Balaban J connectivity index is 2.60. The van der Waals surface area contributed by atoms with Crippen molar-refractivity contribution in [3.63, 3.8) is 0 Å². The highest BCUT2D eigenvalue weighted by Gasteiger charge is 2.07. The Bertz CT molecular complexity index is 293. The average molecular weight is 216 g/mol. The van der Waals surface area contributed by atoms with Crippen LogP contribution in [0.3, 0.4) is 0 Å². The van der Waals surface area contributed by atoms with E-state index in [1.807, 2.05) is 11.9 Å². The van der Waals surface area contributed by atoms with Crippen LogP contribution in [-0.2, 0) is 0 Å². The molecule has 0 amide bonds. The first-order chi connectivity index (χ1) is 6.61. The molecule has 0 radical (unpaired) electrons. The minimum absolute atomic E-state index is 0.307. The Morgan fingerprint density at radius 1 is 1.64 bits per heavy atom. The molecule has 0 aliphatic heterocycles. The molecular weight excluding hydrogens is 202 g/mol. The molecule has 1 rings (SSSR count). The van der Waals surface area contributed by atoms with Crippen LogP contribution in [0.25, 0.3) is 0 Å². The second-order valence-electron chi connectivity index (χ2n) is 3.25. The van der Waals surface area contributed by atoms with Gasteiger partial charge in [0.15, 0.2) is 5.82 Å². The molecule has 0 saturated carbocycles. The van der Waals surface area contributed by atoms with Crippen LogP contribution in [0.5, 0.6) is 0 Å². The molecule has 78 valence electrons. The molecule has 0 spiro atoms. The van der Waals surface area contributed by atoms with E-state index in [4.69, 9.17) is 16.7 Å². The molecule has 1 aromatic rings. The van der Waals surface area contributed by atoms with Gasteiger partial charge in [-0.3, -0.25) is 0 Å². The minimum atomic E-state index is -0.307. The molecule has 0 aliphatic carbocycles. The molecule has 1 unspecified atom stereocenters. The fourth-order valence-electron chi connectivity index (χ4n) is 1.07. The van der Waals surface area contributed by atoms with Crippen LogP contribution in [0.15, 0.2) is 12.5 Å². The number of hydrogen-bond acceptors (Lipinski definition) is 4. The topological polar surface area (TPSA) is 49.2 Å². The van der Waals surface area contributed by atoms with Gasteiger partial charge in [-0.05, 0) is 13.3 Å². The molecule has 0 aromatic carbocycles. The van der Waals surface area contributed by atoms with E-state index in [0.29, 0.717) is 23.8 Å². The Morgan fingerprint density at radius 3 is 2.93 bits per heavy atom. The molecule has 0 bridgehead atoms. The van der Waals surface area contributed by atoms with Gasteiger partial charge in [-0.1, -0.05) is 11.6 Å². The van der Waals surface area contributed by atoms with Crippen molar-refractivity contribution in [2.24, 2.45) is 0 Å². The van der Waals surface area contributed by atoms with E-state index in [-0.39, 0.29) is 6.10 Å². The minimum Gasteiger partial charge on any atom is -0.393 e. The maximum absolute atomic E-state index is 9.13. The first-order valence-corrected chi connectivity index (χ1v) is 4.83. The summed E-state index contributed by atoms with van der Waals surface area (Å²) in [5, 5.41) is 9.65. The molecular formula is C9H14ClN3O. The van der Waals surface area contributed by atoms with Crippen LogP contribution in [0.2, 0.25) is 5.02 Å². The molecule has 1 atom stereocenters. The van der Waals surface area contributed by atoms with Gasteiger partial charge in [-0.25, -0.2) is 9.97 Å². The fraction of sp³-hybridized carbons (Fsp3) is 0.556. The number of aliphatic hydroxyl groups excluding tert-OH is 1. The third kappa shape index (κ3) is 3.12. The molecule has 5 heteroatoms. The van der Waals surface area contributed by atoms with Gasteiger partial charge in [0.05, 0.1) is 12.3 Å². The zero-order chi connectivity index (χ0) is 10.6. The zero-order valence-corrected chi connectivity index (χ0v) is 9.07. The molecule has 0 saturated heterocycles. The molecule has 14 heavy (non-hydrogen) atoms. The summed E-state index contributed by atoms with van der Waals surface area (Å²) in [6.07, 6.45) is 3.40. The van der Waals surface area contributed by atoms with Gasteiger partial charge >= 0.3 is 0 Å². The summed E-state index contributed by atoms with van der Waals surface area (Å²) in [6, 6.07) is 0. The van der Waals surface area contributed by atoms with Gasteiger partial charge in [0.2, 0.25) is 0 Å². The predicted octanol–water partition coefficient (Wildman–Crippen LogP) is 1.34. The lowest BCUT2D eigenvalue weighted by molar-refractivity contribution is 0.187. The van der Waals surface area contributed by atoms with Crippen molar-refractivity contribution in [3.05, 3.63) is 17.5 Å². The van der Waals surface area contributed by atoms with Crippen molar-refractivity contribution in [1.29, 1.82) is 0 Å². The average Bonchev–Trinajstić information content (AvgIpc) is 2.15. The Hall–Kier alpha value is -0.870. The number of anilines is 1. The number of hydrogen-bond donors (Lipinski definition) is 1. The van der Waals surface area contributed by atoms with Gasteiger partial charge in [-0.2, -0.15) is 0 Å². The third-order valence-corrected chi connectivity index (χ3v) is 2.16. The van der Waals surface area contributed by atoms with Crippen LogP contribution in [0.1, 0.15) is 13.3 Å². The van der Waals surface area contributed by atoms with E-state index in [1.54, 1.807) is 13.1 Å². The first-order valence-electron chi connectivity index (χ1n) is 4.46. The summed E-state index contributed by atoms with van der Waals surface area (Å²) >= 11 is 5.91. The summed E-state index contributed by atoms with van der Waals surface area (Å²) in [5.41, 5.74) is 0.